The molecule has 0 aromatic heterocycles. The quantitative estimate of drug-likeness (QED) is 0.454. The second kappa shape index (κ2) is 7.88. The molecule has 2 aromatic carbocycles. The van der Waals surface area contributed by atoms with Crippen LogP contribution < -0.4 is 10.8 Å². The van der Waals surface area contributed by atoms with Crippen molar-refractivity contribution < 1.29 is 29.4 Å². The van der Waals surface area contributed by atoms with E-state index in [4.69, 9.17) is 15.1 Å². The molecule has 0 aliphatic heterocycles. The molecule has 1 aliphatic rings. The summed E-state index contributed by atoms with van der Waals surface area (Å²) in [4.78, 5) is 34.3. The molecule has 0 saturated heterocycles. The monoisotopic (exact) mass is 370 g/mol. The number of alkyl carbamates (subject to hydrolysis) is 1. The molecule has 1 unspecified atom stereocenters. The minimum atomic E-state index is -1.44. The minimum absolute atomic E-state index is 0.0282. The topological polar surface area (TPSA) is 125 Å². The van der Waals surface area contributed by atoms with E-state index in [1.165, 1.54) is 5.48 Å². The molecule has 2 amide bonds. The first-order valence-electron chi connectivity index (χ1n) is 8.28. The first-order chi connectivity index (χ1) is 13.0. The molecule has 8 heteroatoms. The molecule has 1 aliphatic carbocycles. The number of ether oxygens (including phenoxy) is 1. The zero-order chi connectivity index (χ0) is 19.4. The molecule has 0 fully saturated rings. The van der Waals surface area contributed by atoms with Gasteiger partial charge in [0.1, 0.15) is 12.6 Å². The predicted octanol–water partition coefficient (Wildman–Crippen LogP) is 1.87. The van der Waals surface area contributed by atoms with Gasteiger partial charge in [-0.1, -0.05) is 48.5 Å². The first kappa shape index (κ1) is 18.4. The van der Waals surface area contributed by atoms with E-state index in [2.05, 4.69) is 5.32 Å². The van der Waals surface area contributed by atoms with Gasteiger partial charge in [0.05, 0.1) is 6.42 Å². The molecular formula is C19H18N2O6. The maximum absolute atomic E-state index is 12.0. The molecule has 8 nitrogen and oxygen atoms in total. The molecule has 140 valence electrons. The summed E-state index contributed by atoms with van der Waals surface area (Å²) >= 11 is 0. The van der Waals surface area contributed by atoms with Gasteiger partial charge in [-0.3, -0.25) is 14.8 Å². The van der Waals surface area contributed by atoms with Gasteiger partial charge in [-0.25, -0.2) is 10.3 Å². The molecule has 27 heavy (non-hydrogen) atoms. The Hall–Kier alpha value is -3.39. The zero-order valence-corrected chi connectivity index (χ0v) is 14.2. The van der Waals surface area contributed by atoms with E-state index in [1.807, 2.05) is 48.5 Å². The largest absolute Gasteiger partial charge is 0.481 e. The molecule has 0 heterocycles. The number of hydrogen-bond acceptors (Lipinski definition) is 5. The Kier molecular flexibility index (Phi) is 5.37. The Morgan fingerprint density at radius 2 is 1.56 bits per heavy atom. The maximum Gasteiger partial charge on any atom is 0.407 e. The van der Waals surface area contributed by atoms with E-state index in [9.17, 15) is 14.4 Å². The summed E-state index contributed by atoms with van der Waals surface area (Å²) in [5.74, 6) is -2.50. The lowest BCUT2D eigenvalue weighted by Gasteiger charge is -2.17. The Bertz CT molecular complexity index is 837. The van der Waals surface area contributed by atoms with Crippen LogP contribution in [0.25, 0.3) is 11.1 Å². The lowest BCUT2D eigenvalue weighted by atomic mass is 9.98. The number of benzene rings is 2. The standard InChI is InChI=1S/C19H18N2O6/c22-17(23)9-16(18(24)21-26)20-19(25)27-10-15-13-7-3-1-5-11(13)12-6-2-4-8-14(12)15/h1-8,15-16,26H,9-10H2,(H,20,25)(H,21,24)(H,22,23). The third-order valence-electron chi connectivity index (χ3n) is 4.44. The first-order valence-corrected chi connectivity index (χ1v) is 8.28. The fourth-order valence-corrected chi connectivity index (χ4v) is 3.24. The van der Waals surface area contributed by atoms with E-state index < -0.39 is 30.4 Å². The van der Waals surface area contributed by atoms with E-state index >= 15 is 0 Å². The lowest BCUT2D eigenvalue weighted by Crippen LogP contribution is -2.47. The van der Waals surface area contributed by atoms with Crippen molar-refractivity contribution in [3.05, 3.63) is 59.7 Å². The summed E-state index contributed by atoms with van der Waals surface area (Å²) in [6.45, 7) is 0.0282. The van der Waals surface area contributed by atoms with Crippen molar-refractivity contribution >= 4 is 18.0 Å². The maximum atomic E-state index is 12.0. The Labute approximate surface area is 154 Å². The van der Waals surface area contributed by atoms with Crippen LogP contribution in [0.5, 0.6) is 0 Å². The Morgan fingerprint density at radius 1 is 1.00 bits per heavy atom. The van der Waals surface area contributed by atoms with Crippen LogP contribution in [-0.4, -0.2) is 40.9 Å². The molecule has 0 spiro atoms. The number of carbonyl (C=O) groups excluding carboxylic acids is 2. The summed E-state index contributed by atoms with van der Waals surface area (Å²) in [6.07, 6.45) is -1.62. The van der Waals surface area contributed by atoms with Crippen LogP contribution >= 0.6 is 0 Å². The molecular weight excluding hydrogens is 352 g/mol. The van der Waals surface area contributed by atoms with Gasteiger partial charge in [0, 0.05) is 5.92 Å². The smallest absolute Gasteiger partial charge is 0.407 e. The third-order valence-corrected chi connectivity index (χ3v) is 4.44. The van der Waals surface area contributed by atoms with Crippen LogP contribution in [0.3, 0.4) is 0 Å². The SMILES string of the molecule is O=C(O)CC(NC(=O)OCC1c2ccccc2-c2ccccc21)C(=O)NO. The third kappa shape index (κ3) is 3.90. The molecule has 2 aromatic rings. The van der Waals surface area contributed by atoms with Gasteiger partial charge in [0.15, 0.2) is 0 Å². The average molecular weight is 370 g/mol. The number of rotatable bonds is 6. The highest BCUT2D eigenvalue weighted by molar-refractivity contribution is 5.88. The van der Waals surface area contributed by atoms with Crippen molar-refractivity contribution in [1.82, 2.24) is 10.8 Å². The highest BCUT2D eigenvalue weighted by Crippen LogP contribution is 2.44. The zero-order valence-electron chi connectivity index (χ0n) is 14.2. The fourth-order valence-electron chi connectivity index (χ4n) is 3.24. The van der Waals surface area contributed by atoms with Crippen molar-refractivity contribution in [2.45, 2.75) is 18.4 Å². The van der Waals surface area contributed by atoms with Crippen LogP contribution in [0.1, 0.15) is 23.5 Å². The number of carboxylic acid groups (broad SMARTS) is 1. The van der Waals surface area contributed by atoms with Crippen LogP contribution in [0.4, 0.5) is 4.79 Å². The average Bonchev–Trinajstić information content (AvgIpc) is 2.99. The normalized spacial score (nSPS) is 13.2. The lowest BCUT2D eigenvalue weighted by molar-refractivity contribution is -0.141. The highest BCUT2D eigenvalue weighted by Gasteiger charge is 2.30. The van der Waals surface area contributed by atoms with Gasteiger partial charge in [-0.05, 0) is 22.3 Å². The summed E-state index contributed by atoms with van der Waals surface area (Å²) in [7, 11) is 0. The number of amides is 2. The van der Waals surface area contributed by atoms with E-state index in [0.29, 0.717) is 0 Å². The summed E-state index contributed by atoms with van der Waals surface area (Å²) < 4.78 is 5.24. The number of hydroxylamine groups is 1. The van der Waals surface area contributed by atoms with E-state index in [-0.39, 0.29) is 12.5 Å². The van der Waals surface area contributed by atoms with Crippen molar-refractivity contribution in [2.24, 2.45) is 0 Å². The van der Waals surface area contributed by atoms with Crippen LogP contribution in [0.2, 0.25) is 0 Å². The predicted molar refractivity (Wildman–Crippen MR) is 94.2 cm³/mol. The molecule has 0 saturated carbocycles. The van der Waals surface area contributed by atoms with Crippen LogP contribution in [-0.2, 0) is 14.3 Å². The number of nitrogens with one attached hydrogen (secondary N) is 2. The van der Waals surface area contributed by atoms with Crippen molar-refractivity contribution in [3.8, 4) is 11.1 Å². The van der Waals surface area contributed by atoms with Gasteiger partial charge < -0.3 is 15.2 Å². The number of carbonyl (C=O) groups is 3. The fraction of sp³-hybridized carbons (Fsp3) is 0.211. The van der Waals surface area contributed by atoms with Crippen LogP contribution in [0.15, 0.2) is 48.5 Å². The highest BCUT2D eigenvalue weighted by atomic mass is 16.5. The van der Waals surface area contributed by atoms with Crippen molar-refractivity contribution in [1.29, 1.82) is 0 Å². The molecule has 3 rings (SSSR count). The van der Waals surface area contributed by atoms with E-state index in [1.54, 1.807) is 0 Å². The molecule has 1 atom stereocenters. The number of fused-ring (bicyclic) bond motifs is 3. The van der Waals surface area contributed by atoms with Crippen molar-refractivity contribution in [2.75, 3.05) is 6.61 Å². The Morgan fingerprint density at radius 3 is 2.07 bits per heavy atom. The van der Waals surface area contributed by atoms with Gasteiger partial charge in [-0.15, -0.1) is 0 Å². The van der Waals surface area contributed by atoms with Gasteiger partial charge in [-0.2, -0.15) is 0 Å². The summed E-state index contributed by atoms with van der Waals surface area (Å²) in [5, 5.41) is 19.6. The number of hydrogen-bond donors (Lipinski definition) is 4. The van der Waals surface area contributed by atoms with Crippen molar-refractivity contribution in [3.63, 3.8) is 0 Å². The molecule has 0 bridgehead atoms. The van der Waals surface area contributed by atoms with E-state index in [0.717, 1.165) is 22.3 Å². The second-order valence-electron chi connectivity index (χ2n) is 6.10. The Balaban J connectivity index is 1.70. The molecule has 4 N–H and O–H groups in total. The van der Waals surface area contributed by atoms with Gasteiger partial charge in [0.2, 0.25) is 0 Å². The van der Waals surface area contributed by atoms with Gasteiger partial charge in [0.25, 0.3) is 5.91 Å². The second-order valence-corrected chi connectivity index (χ2v) is 6.10. The van der Waals surface area contributed by atoms with Crippen LogP contribution in [0, 0.1) is 0 Å². The summed E-state index contributed by atoms with van der Waals surface area (Å²) in [6, 6.07) is 14.2. The molecule has 0 radical (unpaired) electrons. The summed E-state index contributed by atoms with van der Waals surface area (Å²) in [5.41, 5.74) is 5.53. The number of carboxylic acids is 1. The number of aliphatic carboxylic acids is 1. The minimum Gasteiger partial charge on any atom is -0.481 e. The van der Waals surface area contributed by atoms with Gasteiger partial charge >= 0.3 is 12.1 Å².